The molecule has 0 amide bonds. The van der Waals surface area contributed by atoms with Crippen molar-refractivity contribution in [2.75, 3.05) is 0 Å². The molecule has 0 saturated carbocycles. The molecule has 18 aromatic rings. The van der Waals surface area contributed by atoms with Gasteiger partial charge in [-0.2, -0.15) is 0 Å². The fourth-order valence-electron chi connectivity index (χ4n) is 16.4. The third kappa shape index (κ3) is 23.1. The average Bonchev–Trinajstić information content (AvgIpc) is 0.780. The van der Waals surface area contributed by atoms with Gasteiger partial charge in [-0.3, -0.25) is 0 Å². The molecule has 720 valence electrons. The van der Waals surface area contributed by atoms with E-state index in [0.29, 0.717) is 38.9 Å². The first-order valence-electron chi connectivity index (χ1n) is 43.5. The van der Waals surface area contributed by atoms with Crippen molar-refractivity contribution in [1.29, 1.82) is 0 Å². The fraction of sp³-hybridized carbons (Fsp3) is 0.0526. The minimum atomic E-state index is -0.765. The van der Waals surface area contributed by atoms with Gasteiger partial charge in [0.25, 0.3) is 0 Å². The molecule has 0 aromatic heterocycles. The summed E-state index contributed by atoms with van der Waals surface area (Å²) in [5.74, 6) is -12.2. The largest absolute Gasteiger partial charge is 0.508 e. The number of hydrogen-bond acceptors (Lipinski definition) is 28. The summed E-state index contributed by atoms with van der Waals surface area (Å²) in [6.07, 6.45) is 0. The Hall–Kier alpha value is -19.6. The van der Waals surface area contributed by atoms with Crippen LogP contribution in [0.1, 0.15) is 136 Å². The summed E-state index contributed by atoms with van der Waals surface area (Å²) in [6.45, 7) is 0. The van der Waals surface area contributed by atoms with Gasteiger partial charge in [0.15, 0.2) is 126 Å². The maximum absolute atomic E-state index is 10.3. The van der Waals surface area contributed by atoms with E-state index in [1.165, 1.54) is 133 Å². The zero-order valence-electron chi connectivity index (χ0n) is 74.8. The number of phenolic OH excluding ortho intramolecular Hbond substituents is 28. The van der Waals surface area contributed by atoms with Crippen LogP contribution >= 0.6 is 0 Å². The molecule has 0 atom stereocenters. The smallest absolute Gasteiger partial charge is 0.200 e. The van der Waals surface area contributed by atoms with Gasteiger partial charge < -0.3 is 143 Å². The van der Waals surface area contributed by atoms with Crippen molar-refractivity contribution < 1.29 is 143 Å². The third-order valence-corrected chi connectivity index (χ3v) is 23.3. The van der Waals surface area contributed by atoms with Crippen LogP contribution in [0.5, 0.6) is 161 Å². The Labute approximate surface area is 811 Å². The number of rotatable bonds is 18. The van der Waals surface area contributed by atoms with Gasteiger partial charge in [0, 0.05) is 81.0 Å². The average molecular weight is 1910 g/mol. The Morgan fingerprint density at radius 1 is 0.0986 bits per heavy atom. The van der Waals surface area contributed by atoms with Crippen molar-refractivity contribution in [1.82, 2.24) is 0 Å². The van der Waals surface area contributed by atoms with Crippen LogP contribution < -0.4 is 0 Å². The van der Waals surface area contributed by atoms with Crippen LogP contribution in [0, 0.1) is 0 Å². The van der Waals surface area contributed by atoms with E-state index in [9.17, 15) is 143 Å². The fourth-order valence-corrected chi connectivity index (χ4v) is 16.4. The Kier molecular flexibility index (Phi) is 31.4. The van der Waals surface area contributed by atoms with Gasteiger partial charge in [0.1, 0.15) is 23.0 Å². The quantitative estimate of drug-likeness (QED) is 0.0280. The summed E-state index contributed by atoms with van der Waals surface area (Å²) in [7, 11) is 0. The first kappa shape index (κ1) is 99.8. The molecule has 142 heavy (non-hydrogen) atoms. The second-order valence-corrected chi connectivity index (χ2v) is 32.5. The molecule has 0 unspecified atom stereocenters. The van der Waals surface area contributed by atoms with E-state index in [2.05, 4.69) is 0 Å². The number of para-hydroxylation sites is 2. The topological polar surface area (TPSA) is 566 Å². The minimum absolute atomic E-state index is 0.0343. The maximum atomic E-state index is 10.3. The van der Waals surface area contributed by atoms with Gasteiger partial charge in [-0.1, -0.05) is 255 Å². The lowest BCUT2D eigenvalue weighted by Crippen LogP contribution is -2.04. The van der Waals surface area contributed by atoms with Gasteiger partial charge in [-0.05, 0) is 176 Å². The van der Waals surface area contributed by atoms with E-state index < -0.39 is 92.7 Å². The zero-order chi connectivity index (χ0) is 102. The Balaban J connectivity index is 0.000000143. The van der Waals surface area contributed by atoms with Crippen LogP contribution in [0.4, 0.5) is 0 Å². The zero-order valence-corrected chi connectivity index (χ0v) is 74.8. The van der Waals surface area contributed by atoms with E-state index in [0.717, 1.165) is 50.1 Å². The summed E-state index contributed by atoms with van der Waals surface area (Å²) in [5, 5.41) is 275. The number of aromatic hydroxyl groups is 28. The normalized spacial score (nSPS) is 10.9. The lowest BCUT2D eigenvalue weighted by molar-refractivity contribution is 0.360. The van der Waals surface area contributed by atoms with Crippen molar-refractivity contribution in [2.24, 2.45) is 0 Å². The molecule has 0 spiro atoms. The highest BCUT2D eigenvalue weighted by atomic mass is 16.4. The molecule has 0 fully saturated rings. The summed E-state index contributed by atoms with van der Waals surface area (Å²) in [4.78, 5) is 0. The molecular formula is C114H96O28. The molecule has 0 heterocycles. The molecule has 0 saturated heterocycles. The van der Waals surface area contributed by atoms with Crippen molar-refractivity contribution >= 4 is 0 Å². The molecule has 0 aliphatic carbocycles. The summed E-state index contributed by atoms with van der Waals surface area (Å²) in [5.41, 5.74) is 11.3. The van der Waals surface area contributed by atoms with Gasteiger partial charge in [0.2, 0.25) is 11.5 Å². The molecular weight excluding hydrogens is 1820 g/mol. The highest BCUT2D eigenvalue weighted by molar-refractivity contribution is 5.67. The van der Waals surface area contributed by atoms with E-state index in [4.69, 9.17) is 0 Å². The summed E-state index contributed by atoms with van der Waals surface area (Å²) < 4.78 is 0. The van der Waals surface area contributed by atoms with Gasteiger partial charge >= 0.3 is 0 Å². The second kappa shape index (κ2) is 44.7. The lowest BCUT2D eigenvalue weighted by atomic mass is 9.83. The number of phenols is 28. The van der Waals surface area contributed by atoms with E-state index >= 15 is 0 Å². The first-order chi connectivity index (χ1) is 68.1. The summed E-state index contributed by atoms with van der Waals surface area (Å²) >= 11 is 0. The third-order valence-electron chi connectivity index (χ3n) is 23.3. The van der Waals surface area contributed by atoms with Crippen LogP contribution in [-0.2, 0) is 0 Å². The summed E-state index contributed by atoms with van der Waals surface area (Å²) in [6, 6.07) is 103. The molecule has 28 heteroatoms. The van der Waals surface area contributed by atoms with E-state index in [1.807, 2.05) is 127 Å². The molecule has 18 aromatic carbocycles. The standard InChI is InChI=1S/2C19H16O6.4C19H16O4/c20-13-6-11(7-14(21)18(13)24)17(10-4-2-1-3-5-10)12-8-15(22)19(25)16(23)9-12;20-13-8-6-11(16(22)18(13)24)15(10-4-2-1-3-5-10)12-7-9-14(21)19(25)17(12)23;20-15-10-4-8-13(18(15)22)17(12-6-2-1-3-7-12)14-9-5-11-16(21)19(14)23;20-13-6-8-15(17(22)10-13)19(12-4-2-1-3-5-12)16-9-7-14(21)11-18(16)23;2*20-15-8-6-13(10-17(15)22)19(12-4-2-1-3-5-12)14-7-9-16(21)18(23)11-14/h1-9,17,20-25H;1-9,15,20-25H;1-11,17,20-23H;3*1-11,19-23H. The van der Waals surface area contributed by atoms with E-state index in [1.54, 1.807) is 115 Å². The molecule has 18 rings (SSSR count). The van der Waals surface area contributed by atoms with Crippen LogP contribution in [0.15, 0.2) is 376 Å². The highest BCUT2D eigenvalue weighted by Crippen LogP contribution is 2.53. The van der Waals surface area contributed by atoms with Gasteiger partial charge in [-0.25, -0.2) is 0 Å². The SMILES string of the molecule is Oc1cc(C(c2ccccc2)c2cc(O)c(O)c(O)c2)cc(O)c1O.Oc1ccc(C(c2ccccc2)c2ccc(O)c(O)c2)cc1O.Oc1ccc(C(c2ccccc2)c2ccc(O)c(O)c2)cc1O.Oc1ccc(C(c2ccccc2)c2ccc(O)c(O)c2O)c(O)c1O.Oc1ccc(C(c2ccccc2)c2ccc(O)cc2O)c(O)c1.Oc1cccc(C(c2ccccc2)c2cccc(O)c2O)c1O. The monoisotopic (exact) mass is 1910 g/mol. The predicted molar refractivity (Wildman–Crippen MR) is 528 cm³/mol. The highest BCUT2D eigenvalue weighted by Gasteiger charge is 2.32. The van der Waals surface area contributed by atoms with Crippen LogP contribution in [-0.4, -0.2) is 143 Å². The molecule has 0 aliphatic heterocycles. The molecule has 0 aliphatic rings. The molecule has 28 N–H and O–H groups in total. The van der Waals surface area contributed by atoms with Crippen molar-refractivity contribution in [3.05, 3.63) is 476 Å². The number of benzene rings is 18. The molecule has 28 nitrogen and oxygen atoms in total. The van der Waals surface area contributed by atoms with Crippen LogP contribution in [0.3, 0.4) is 0 Å². The van der Waals surface area contributed by atoms with Crippen LogP contribution in [0.2, 0.25) is 0 Å². The number of hydrogen-bond donors (Lipinski definition) is 28. The first-order valence-corrected chi connectivity index (χ1v) is 43.5. The van der Waals surface area contributed by atoms with Gasteiger partial charge in [-0.15, -0.1) is 0 Å². The van der Waals surface area contributed by atoms with Gasteiger partial charge in [0.05, 0.1) is 0 Å². The molecule has 0 bridgehead atoms. The Morgan fingerprint density at radius 2 is 0.303 bits per heavy atom. The van der Waals surface area contributed by atoms with Crippen molar-refractivity contribution in [2.45, 2.75) is 35.5 Å². The Bertz CT molecular complexity index is 6920. The Morgan fingerprint density at radius 3 is 0.549 bits per heavy atom. The van der Waals surface area contributed by atoms with Crippen molar-refractivity contribution in [3.63, 3.8) is 0 Å². The minimum Gasteiger partial charge on any atom is -0.508 e. The lowest BCUT2D eigenvalue weighted by Gasteiger charge is -2.22. The van der Waals surface area contributed by atoms with Crippen LogP contribution in [0.25, 0.3) is 0 Å². The second-order valence-electron chi connectivity index (χ2n) is 32.5. The predicted octanol–water partition coefficient (Wildman–Crippen LogP) is 21.0. The van der Waals surface area contributed by atoms with E-state index in [-0.39, 0.29) is 115 Å². The van der Waals surface area contributed by atoms with Crippen molar-refractivity contribution in [3.8, 4) is 161 Å². The maximum Gasteiger partial charge on any atom is 0.200 e. The molecule has 0 radical (unpaired) electrons.